The van der Waals surface area contributed by atoms with Gasteiger partial charge in [0.2, 0.25) is 0 Å². The smallest absolute Gasteiger partial charge is 0.396 e. The highest BCUT2D eigenvalue weighted by Crippen LogP contribution is 2.33. The standard InChI is InChI=1S/C15H20F3N5O/c1-8-9(2)13-20-21-14(15(16,17)18)23(13)22-12(8)19-11-5-3-4-10(11)6-7-24/h10-11,24H,3-7H2,1-2H3,(H,19,22). The molecule has 2 aromatic heterocycles. The molecule has 9 heteroatoms. The van der Waals surface area contributed by atoms with Gasteiger partial charge in [-0.2, -0.15) is 17.7 Å². The van der Waals surface area contributed by atoms with Gasteiger partial charge in [0.25, 0.3) is 5.82 Å². The van der Waals surface area contributed by atoms with E-state index >= 15 is 0 Å². The maximum atomic E-state index is 13.1. The summed E-state index contributed by atoms with van der Waals surface area (Å²) in [4.78, 5) is 0. The van der Waals surface area contributed by atoms with Crippen LogP contribution in [0.1, 0.15) is 42.6 Å². The Labute approximate surface area is 137 Å². The number of hydrogen-bond donors (Lipinski definition) is 2. The molecule has 0 radical (unpaired) electrons. The summed E-state index contributed by atoms with van der Waals surface area (Å²) < 4.78 is 40.0. The molecule has 0 spiro atoms. The average Bonchev–Trinajstić information content (AvgIpc) is 3.11. The number of hydrogen-bond acceptors (Lipinski definition) is 5. The highest BCUT2D eigenvalue weighted by molar-refractivity contribution is 5.58. The lowest BCUT2D eigenvalue weighted by Gasteiger charge is -2.22. The van der Waals surface area contributed by atoms with Crippen molar-refractivity contribution in [2.45, 2.75) is 51.7 Å². The van der Waals surface area contributed by atoms with Gasteiger partial charge in [-0.15, -0.1) is 15.3 Å². The molecule has 1 aliphatic carbocycles. The minimum atomic E-state index is -4.61. The number of halogens is 3. The van der Waals surface area contributed by atoms with Crippen LogP contribution in [0.2, 0.25) is 0 Å². The predicted octanol–water partition coefficient (Wildman–Crippen LogP) is 2.72. The van der Waals surface area contributed by atoms with Crippen LogP contribution in [0.4, 0.5) is 19.0 Å². The first-order valence-electron chi connectivity index (χ1n) is 8.00. The van der Waals surface area contributed by atoms with Gasteiger partial charge < -0.3 is 10.4 Å². The number of anilines is 1. The van der Waals surface area contributed by atoms with E-state index in [9.17, 15) is 13.2 Å². The average molecular weight is 343 g/mol. The van der Waals surface area contributed by atoms with Crippen LogP contribution in [0.15, 0.2) is 0 Å². The van der Waals surface area contributed by atoms with Crippen molar-refractivity contribution in [1.82, 2.24) is 19.8 Å². The van der Waals surface area contributed by atoms with Crippen LogP contribution in [0.3, 0.4) is 0 Å². The largest absolute Gasteiger partial charge is 0.453 e. The third-order valence-corrected chi connectivity index (χ3v) is 4.83. The van der Waals surface area contributed by atoms with E-state index in [0.717, 1.165) is 29.3 Å². The molecule has 0 bridgehead atoms. The SMILES string of the molecule is Cc1c(NC2CCCC2CCO)nn2c(C(F)(F)F)nnc2c1C. The molecule has 2 heterocycles. The van der Waals surface area contributed by atoms with Gasteiger partial charge in [-0.05, 0) is 44.6 Å². The van der Waals surface area contributed by atoms with Crippen molar-refractivity contribution in [3.8, 4) is 0 Å². The number of aliphatic hydroxyl groups is 1. The van der Waals surface area contributed by atoms with Crippen molar-refractivity contribution in [2.75, 3.05) is 11.9 Å². The second-order valence-electron chi connectivity index (χ2n) is 6.31. The summed E-state index contributed by atoms with van der Waals surface area (Å²) in [6, 6.07) is 0.103. The Balaban J connectivity index is 2.00. The first-order chi connectivity index (χ1) is 11.3. The Morgan fingerprint density at radius 1 is 1.21 bits per heavy atom. The summed E-state index contributed by atoms with van der Waals surface area (Å²) in [7, 11) is 0. The molecule has 0 aliphatic heterocycles. The van der Waals surface area contributed by atoms with Gasteiger partial charge in [-0.1, -0.05) is 6.42 Å². The minimum absolute atomic E-state index is 0.103. The number of nitrogens with one attached hydrogen (secondary N) is 1. The van der Waals surface area contributed by atoms with Crippen LogP contribution < -0.4 is 5.32 Å². The first-order valence-corrected chi connectivity index (χ1v) is 8.00. The Morgan fingerprint density at radius 2 is 1.96 bits per heavy atom. The second-order valence-corrected chi connectivity index (χ2v) is 6.31. The number of aliphatic hydroxyl groups excluding tert-OH is 1. The van der Waals surface area contributed by atoms with Gasteiger partial charge in [0.1, 0.15) is 0 Å². The van der Waals surface area contributed by atoms with Crippen molar-refractivity contribution in [3.05, 3.63) is 17.0 Å². The van der Waals surface area contributed by atoms with E-state index in [1.165, 1.54) is 0 Å². The summed E-state index contributed by atoms with van der Waals surface area (Å²) in [5.41, 5.74) is 1.49. The fourth-order valence-corrected chi connectivity index (χ4v) is 3.36. The van der Waals surface area contributed by atoms with Crippen LogP contribution in [0, 0.1) is 19.8 Å². The Hall–Kier alpha value is -1.90. The van der Waals surface area contributed by atoms with E-state index in [4.69, 9.17) is 5.11 Å². The molecule has 0 saturated heterocycles. The quantitative estimate of drug-likeness (QED) is 0.893. The van der Waals surface area contributed by atoms with Gasteiger partial charge in [-0.25, -0.2) is 0 Å². The lowest BCUT2D eigenvalue weighted by Crippen LogP contribution is -2.26. The van der Waals surface area contributed by atoms with Crippen LogP contribution in [-0.2, 0) is 6.18 Å². The Kier molecular flexibility index (Phi) is 4.37. The summed E-state index contributed by atoms with van der Waals surface area (Å²) in [6.45, 7) is 3.63. The van der Waals surface area contributed by atoms with Gasteiger partial charge in [0.15, 0.2) is 11.5 Å². The first kappa shape index (κ1) is 16.9. The summed E-state index contributed by atoms with van der Waals surface area (Å²) in [5.74, 6) is -0.405. The summed E-state index contributed by atoms with van der Waals surface area (Å²) in [6.07, 6.45) is -0.990. The normalized spacial score (nSPS) is 21.6. The maximum absolute atomic E-state index is 13.1. The number of rotatable bonds is 4. The molecule has 132 valence electrons. The van der Waals surface area contributed by atoms with Crippen molar-refractivity contribution in [2.24, 2.45) is 5.92 Å². The molecular formula is C15H20F3N5O. The molecule has 2 N–H and O–H groups in total. The monoisotopic (exact) mass is 343 g/mol. The number of aromatic nitrogens is 4. The molecule has 1 saturated carbocycles. The molecule has 6 nitrogen and oxygen atoms in total. The molecular weight excluding hydrogens is 323 g/mol. The van der Waals surface area contributed by atoms with Gasteiger partial charge >= 0.3 is 6.18 Å². The highest BCUT2D eigenvalue weighted by Gasteiger charge is 2.38. The van der Waals surface area contributed by atoms with Crippen molar-refractivity contribution in [1.29, 1.82) is 0 Å². The summed E-state index contributed by atoms with van der Waals surface area (Å²) >= 11 is 0. The van der Waals surface area contributed by atoms with Crippen LogP contribution in [0.5, 0.6) is 0 Å². The number of aryl methyl sites for hydroxylation is 1. The second kappa shape index (κ2) is 6.19. The predicted molar refractivity (Wildman–Crippen MR) is 81.7 cm³/mol. The zero-order chi connectivity index (χ0) is 17.5. The molecule has 2 unspecified atom stereocenters. The van der Waals surface area contributed by atoms with Crippen LogP contribution in [-0.4, -0.2) is 37.6 Å². The van der Waals surface area contributed by atoms with E-state index in [2.05, 4.69) is 20.6 Å². The zero-order valence-electron chi connectivity index (χ0n) is 13.6. The van der Waals surface area contributed by atoms with Gasteiger partial charge in [-0.3, -0.25) is 0 Å². The molecule has 0 aromatic carbocycles. The van der Waals surface area contributed by atoms with Gasteiger partial charge in [0.05, 0.1) is 0 Å². The maximum Gasteiger partial charge on any atom is 0.453 e. The minimum Gasteiger partial charge on any atom is -0.396 e. The van der Waals surface area contributed by atoms with Crippen molar-refractivity contribution < 1.29 is 18.3 Å². The van der Waals surface area contributed by atoms with Crippen LogP contribution >= 0.6 is 0 Å². The number of fused-ring (bicyclic) bond motifs is 1. The lowest BCUT2D eigenvalue weighted by molar-refractivity contribution is -0.146. The summed E-state index contributed by atoms with van der Waals surface area (Å²) in [5, 5.41) is 23.4. The van der Waals surface area contributed by atoms with E-state index in [1.54, 1.807) is 6.92 Å². The molecule has 3 rings (SSSR count). The Morgan fingerprint density at radius 3 is 2.62 bits per heavy atom. The van der Waals surface area contributed by atoms with Gasteiger partial charge in [0, 0.05) is 18.2 Å². The van der Waals surface area contributed by atoms with E-state index in [0.29, 0.717) is 23.7 Å². The molecule has 1 fully saturated rings. The lowest BCUT2D eigenvalue weighted by atomic mass is 10.00. The topological polar surface area (TPSA) is 75.3 Å². The molecule has 0 amide bonds. The van der Waals surface area contributed by atoms with Crippen molar-refractivity contribution in [3.63, 3.8) is 0 Å². The number of alkyl halides is 3. The van der Waals surface area contributed by atoms with E-state index < -0.39 is 12.0 Å². The molecule has 1 aliphatic rings. The highest BCUT2D eigenvalue weighted by atomic mass is 19.4. The zero-order valence-corrected chi connectivity index (χ0v) is 13.6. The van der Waals surface area contributed by atoms with Crippen molar-refractivity contribution >= 4 is 11.5 Å². The number of nitrogens with zero attached hydrogens (tertiary/aromatic N) is 4. The third-order valence-electron chi connectivity index (χ3n) is 4.83. The molecule has 2 aromatic rings. The van der Waals surface area contributed by atoms with E-state index in [-0.39, 0.29) is 18.3 Å². The fourth-order valence-electron chi connectivity index (χ4n) is 3.36. The van der Waals surface area contributed by atoms with Crippen LogP contribution in [0.25, 0.3) is 5.65 Å². The van der Waals surface area contributed by atoms with E-state index in [1.807, 2.05) is 6.92 Å². The molecule has 2 atom stereocenters. The Bertz CT molecular complexity index is 743. The third kappa shape index (κ3) is 2.92. The fraction of sp³-hybridized carbons (Fsp3) is 0.667. The molecule has 24 heavy (non-hydrogen) atoms.